The van der Waals surface area contributed by atoms with Crippen molar-refractivity contribution in [1.29, 1.82) is 0 Å². The number of carbonyl (C=O) groups is 1. The van der Waals surface area contributed by atoms with Crippen molar-refractivity contribution >= 4 is 47.2 Å². The van der Waals surface area contributed by atoms with Gasteiger partial charge in [-0.25, -0.2) is 0 Å². The lowest BCUT2D eigenvalue weighted by molar-refractivity contribution is -0.130. The van der Waals surface area contributed by atoms with E-state index in [-0.39, 0.29) is 29.9 Å². The molecule has 2 heterocycles. The summed E-state index contributed by atoms with van der Waals surface area (Å²) in [6.07, 6.45) is 1.02. The Morgan fingerprint density at radius 3 is 2.54 bits per heavy atom. The summed E-state index contributed by atoms with van der Waals surface area (Å²) in [6.45, 7) is 7.93. The molecule has 0 bridgehead atoms. The first-order chi connectivity index (χ1) is 11.2. The standard InChI is InChI=1S/C16H27N5OS.HI/c1-14(22)21-11-9-20(10-12-21)8-7-19-16(17-2)18-6-5-15-4-3-13-23-15;/h3-4,13H,5-12H2,1-2H3,(H2,17,18,19);1H. The van der Waals surface area contributed by atoms with Crippen molar-refractivity contribution in [3.8, 4) is 0 Å². The summed E-state index contributed by atoms with van der Waals surface area (Å²) in [4.78, 5) is 21.2. The number of nitrogens with one attached hydrogen (secondary N) is 2. The second-order valence-corrected chi connectivity index (χ2v) is 6.64. The molecule has 0 saturated carbocycles. The lowest BCUT2D eigenvalue weighted by atomic mass is 10.3. The molecule has 1 aliphatic heterocycles. The predicted molar refractivity (Wildman–Crippen MR) is 111 cm³/mol. The van der Waals surface area contributed by atoms with E-state index in [2.05, 4.69) is 38.0 Å². The number of halogens is 1. The Morgan fingerprint density at radius 1 is 1.25 bits per heavy atom. The van der Waals surface area contributed by atoms with Gasteiger partial charge in [0.05, 0.1) is 0 Å². The second-order valence-electron chi connectivity index (χ2n) is 5.60. The first-order valence-corrected chi connectivity index (χ1v) is 9.02. The minimum absolute atomic E-state index is 0. The van der Waals surface area contributed by atoms with Gasteiger partial charge in [-0.05, 0) is 17.9 Å². The van der Waals surface area contributed by atoms with Gasteiger partial charge in [-0.15, -0.1) is 35.3 Å². The average Bonchev–Trinajstić information content (AvgIpc) is 3.07. The van der Waals surface area contributed by atoms with Crippen LogP contribution in [0.3, 0.4) is 0 Å². The van der Waals surface area contributed by atoms with Crippen LogP contribution in [-0.4, -0.2) is 74.5 Å². The maximum Gasteiger partial charge on any atom is 0.219 e. The summed E-state index contributed by atoms with van der Waals surface area (Å²) < 4.78 is 0. The molecule has 0 aromatic carbocycles. The van der Waals surface area contributed by atoms with E-state index < -0.39 is 0 Å². The fourth-order valence-electron chi connectivity index (χ4n) is 2.60. The van der Waals surface area contributed by atoms with Crippen LogP contribution in [0.4, 0.5) is 0 Å². The summed E-state index contributed by atoms with van der Waals surface area (Å²) in [7, 11) is 1.80. The van der Waals surface area contributed by atoms with Crippen molar-refractivity contribution in [3.63, 3.8) is 0 Å². The number of carbonyl (C=O) groups excluding carboxylic acids is 1. The van der Waals surface area contributed by atoms with Crippen LogP contribution in [0.2, 0.25) is 0 Å². The number of rotatable bonds is 6. The van der Waals surface area contributed by atoms with Gasteiger partial charge in [-0.1, -0.05) is 6.07 Å². The molecule has 0 atom stereocenters. The van der Waals surface area contributed by atoms with Gasteiger partial charge in [-0.2, -0.15) is 0 Å². The number of nitrogens with zero attached hydrogens (tertiary/aromatic N) is 3. The number of hydrogen-bond acceptors (Lipinski definition) is 4. The predicted octanol–water partition coefficient (Wildman–Crippen LogP) is 1.24. The van der Waals surface area contributed by atoms with Crippen LogP contribution in [0.1, 0.15) is 11.8 Å². The number of guanidine groups is 1. The van der Waals surface area contributed by atoms with Crippen molar-refractivity contribution in [2.45, 2.75) is 13.3 Å². The monoisotopic (exact) mass is 465 g/mol. The van der Waals surface area contributed by atoms with Crippen molar-refractivity contribution in [2.75, 3.05) is 52.9 Å². The summed E-state index contributed by atoms with van der Waals surface area (Å²) >= 11 is 1.79. The van der Waals surface area contributed by atoms with Gasteiger partial charge in [-0.3, -0.25) is 14.7 Å². The molecular weight excluding hydrogens is 437 g/mol. The van der Waals surface area contributed by atoms with E-state index in [0.717, 1.165) is 58.2 Å². The molecule has 0 unspecified atom stereocenters. The summed E-state index contributed by atoms with van der Waals surface area (Å²) in [5.41, 5.74) is 0. The number of piperazine rings is 1. The van der Waals surface area contributed by atoms with E-state index in [9.17, 15) is 4.79 Å². The largest absolute Gasteiger partial charge is 0.356 e. The molecule has 1 saturated heterocycles. The van der Waals surface area contributed by atoms with E-state index in [1.54, 1.807) is 25.3 Å². The molecule has 2 N–H and O–H groups in total. The zero-order valence-corrected chi connectivity index (χ0v) is 17.6. The van der Waals surface area contributed by atoms with Crippen molar-refractivity contribution < 1.29 is 4.79 Å². The molecule has 1 aromatic heterocycles. The lowest BCUT2D eigenvalue weighted by Crippen LogP contribution is -2.50. The van der Waals surface area contributed by atoms with Crippen LogP contribution >= 0.6 is 35.3 Å². The highest BCUT2D eigenvalue weighted by Crippen LogP contribution is 2.07. The number of amides is 1. The molecule has 6 nitrogen and oxygen atoms in total. The maximum atomic E-state index is 11.3. The summed E-state index contributed by atoms with van der Waals surface area (Å²) in [6, 6.07) is 4.24. The fraction of sp³-hybridized carbons (Fsp3) is 0.625. The maximum absolute atomic E-state index is 11.3. The van der Waals surface area contributed by atoms with Crippen LogP contribution < -0.4 is 10.6 Å². The molecule has 0 radical (unpaired) electrons. The highest BCUT2D eigenvalue weighted by molar-refractivity contribution is 14.0. The minimum atomic E-state index is 0. The van der Waals surface area contributed by atoms with E-state index in [1.165, 1.54) is 4.88 Å². The molecular formula is C16H28IN5OS. The highest BCUT2D eigenvalue weighted by atomic mass is 127. The third-order valence-electron chi connectivity index (χ3n) is 4.01. The van der Waals surface area contributed by atoms with Crippen LogP contribution in [0.15, 0.2) is 22.5 Å². The molecule has 136 valence electrons. The number of hydrogen-bond donors (Lipinski definition) is 2. The number of aliphatic imine (C=N–C) groups is 1. The van der Waals surface area contributed by atoms with Gasteiger partial charge in [0.2, 0.25) is 5.91 Å². The van der Waals surface area contributed by atoms with Gasteiger partial charge in [0.1, 0.15) is 0 Å². The Hall–Kier alpha value is -0.870. The number of thiophene rings is 1. The molecule has 0 spiro atoms. The Bertz CT molecular complexity index is 501. The normalized spacial score (nSPS) is 15.8. The van der Waals surface area contributed by atoms with Crippen molar-refractivity contribution in [2.24, 2.45) is 4.99 Å². The van der Waals surface area contributed by atoms with Gasteiger partial charge in [0, 0.05) is 64.7 Å². The smallest absolute Gasteiger partial charge is 0.219 e. The Labute approximate surface area is 165 Å². The van der Waals surface area contributed by atoms with Gasteiger partial charge in [0.15, 0.2) is 5.96 Å². The van der Waals surface area contributed by atoms with Crippen molar-refractivity contribution in [3.05, 3.63) is 22.4 Å². The SMILES string of the molecule is CN=C(NCCc1cccs1)NCCN1CCN(C(C)=O)CC1.I. The molecule has 1 aliphatic rings. The molecule has 1 fully saturated rings. The molecule has 1 amide bonds. The summed E-state index contributed by atoms with van der Waals surface area (Å²) in [5.74, 6) is 1.03. The summed E-state index contributed by atoms with van der Waals surface area (Å²) in [5, 5.41) is 8.80. The van der Waals surface area contributed by atoms with E-state index >= 15 is 0 Å². The average molecular weight is 465 g/mol. The van der Waals surface area contributed by atoms with Crippen molar-refractivity contribution in [1.82, 2.24) is 20.4 Å². The highest BCUT2D eigenvalue weighted by Gasteiger charge is 2.17. The lowest BCUT2D eigenvalue weighted by Gasteiger charge is -2.34. The molecule has 24 heavy (non-hydrogen) atoms. The first kappa shape index (κ1) is 21.2. The van der Waals surface area contributed by atoms with Crippen LogP contribution in [0.25, 0.3) is 0 Å². The quantitative estimate of drug-likeness (QED) is 0.377. The first-order valence-electron chi connectivity index (χ1n) is 8.14. The second kappa shape index (κ2) is 11.6. The van der Waals surface area contributed by atoms with Gasteiger partial charge in [0.25, 0.3) is 0 Å². The minimum Gasteiger partial charge on any atom is -0.356 e. The third kappa shape index (κ3) is 7.35. The zero-order valence-electron chi connectivity index (χ0n) is 14.5. The zero-order chi connectivity index (χ0) is 16.5. The topological polar surface area (TPSA) is 60.0 Å². The van der Waals surface area contributed by atoms with Crippen LogP contribution in [-0.2, 0) is 11.2 Å². The van der Waals surface area contributed by atoms with E-state index in [0.29, 0.717) is 0 Å². The van der Waals surface area contributed by atoms with Gasteiger partial charge >= 0.3 is 0 Å². The molecule has 0 aliphatic carbocycles. The third-order valence-corrected chi connectivity index (χ3v) is 4.94. The Morgan fingerprint density at radius 2 is 1.96 bits per heavy atom. The Balaban J connectivity index is 0.00000288. The Kier molecular flexibility index (Phi) is 10.3. The van der Waals surface area contributed by atoms with Crippen LogP contribution in [0, 0.1) is 0 Å². The molecule has 2 rings (SSSR count). The van der Waals surface area contributed by atoms with E-state index in [1.807, 2.05) is 4.90 Å². The van der Waals surface area contributed by atoms with E-state index in [4.69, 9.17) is 0 Å². The van der Waals surface area contributed by atoms with Gasteiger partial charge < -0.3 is 15.5 Å². The molecule has 8 heteroatoms. The molecule has 1 aromatic rings. The fourth-order valence-corrected chi connectivity index (χ4v) is 3.31. The van der Waals surface area contributed by atoms with Crippen LogP contribution in [0.5, 0.6) is 0 Å².